The number of morpholine rings is 1. The third-order valence-electron chi connectivity index (χ3n) is 4.43. The van der Waals surface area contributed by atoms with Gasteiger partial charge < -0.3 is 15.4 Å². The van der Waals surface area contributed by atoms with Gasteiger partial charge in [0.05, 0.1) is 24.4 Å². The summed E-state index contributed by atoms with van der Waals surface area (Å²) in [5.74, 6) is 0.829. The van der Waals surface area contributed by atoms with Crippen LogP contribution in [-0.2, 0) is 11.3 Å². The number of ether oxygens (including phenoxy) is 1. The number of guanidine groups is 1. The molecule has 140 valence electrons. The second kappa shape index (κ2) is 9.15. The summed E-state index contributed by atoms with van der Waals surface area (Å²) < 4.78 is 5.86. The Kier molecular flexibility index (Phi) is 7.20. The molecule has 25 heavy (non-hydrogen) atoms. The number of aromatic nitrogens is 1. The summed E-state index contributed by atoms with van der Waals surface area (Å²) in [6, 6.07) is 5.90. The first kappa shape index (κ1) is 19.7. The monoisotopic (exact) mass is 347 g/mol. The minimum Gasteiger partial charge on any atom is -0.373 e. The molecular formula is C19H33N5O. The predicted molar refractivity (Wildman–Crippen MR) is 103 cm³/mol. The molecule has 0 amide bonds. The fourth-order valence-corrected chi connectivity index (χ4v) is 3.08. The van der Waals surface area contributed by atoms with Crippen molar-refractivity contribution in [2.24, 2.45) is 4.99 Å². The molecule has 1 aliphatic heterocycles. The zero-order valence-electron chi connectivity index (χ0n) is 16.2. The predicted octanol–water partition coefficient (Wildman–Crippen LogP) is 2.02. The van der Waals surface area contributed by atoms with Crippen LogP contribution >= 0.6 is 0 Å². The Morgan fingerprint density at radius 1 is 1.28 bits per heavy atom. The smallest absolute Gasteiger partial charge is 0.191 e. The fourth-order valence-electron chi connectivity index (χ4n) is 3.08. The average molecular weight is 348 g/mol. The van der Waals surface area contributed by atoms with Gasteiger partial charge in [-0.2, -0.15) is 0 Å². The number of aliphatic imine (C=N–C) groups is 1. The number of nitrogens with one attached hydrogen (secondary N) is 2. The van der Waals surface area contributed by atoms with E-state index in [-0.39, 0.29) is 17.7 Å². The molecule has 0 bridgehead atoms. The molecule has 2 rings (SSSR count). The van der Waals surface area contributed by atoms with Crippen LogP contribution in [0.3, 0.4) is 0 Å². The standard InChI is InChI=1S/C19H33N5O/c1-6-20-18(22-11-17-9-7-8-10-21-17)23-14-19(4,5)24-12-15(2)25-16(3)13-24/h7-10,15-16H,6,11-14H2,1-5H3,(H2,20,22,23). The van der Waals surface area contributed by atoms with E-state index < -0.39 is 0 Å². The van der Waals surface area contributed by atoms with Crippen LogP contribution in [0, 0.1) is 0 Å². The third-order valence-corrected chi connectivity index (χ3v) is 4.43. The molecule has 2 heterocycles. The number of nitrogens with zero attached hydrogens (tertiary/aromatic N) is 3. The summed E-state index contributed by atoms with van der Waals surface area (Å²) in [6.45, 7) is 15.0. The van der Waals surface area contributed by atoms with E-state index in [0.717, 1.165) is 37.8 Å². The van der Waals surface area contributed by atoms with E-state index in [0.29, 0.717) is 6.54 Å². The molecule has 1 aromatic rings. The summed E-state index contributed by atoms with van der Waals surface area (Å²) in [4.78, 5) is 11.5. The molecule has 6 heteroatoms. The SMILES string of the molecule is CCNC(=NCc1ccccn1)NCC(C)(C)N1CC(C)OC(C)C1. The average Bonchev–Trinajstić information content (AvgIpc) is 2.57. The van der Waals surface area contributed by atoms with Gasteiger partial charge in [-0.3, -0.25) is 9.88 Å². The summed E-state index contributed by atoms with van der Waals surface area (Å²) in [6.07, 6.45) is 2.35. The summed E-state index contributed by atoms with van der Waals surface area (Å²) in [5.41, 5.74) is 0.989. The summed E-state index contributed by atoms with van der Waals surface area (Å²) in [7, 11) is 0. The molecule has 0 spiro atoms. The van der Waals surface area contributed by atoms with Crippen molar-refractivity contribution < 1.29 is 4.74 Å². The molecule has 1 aromatic heterocycles. The largest absolute Gasteiger partial charge is 0.373 e. The van der Waals surface area contributed by atoms with E-state index in [2.05, 4.69) is 60.1 Å². The van der Waals surface area contributed by atoms with E-state index in [1.54, 1.807) is 6.20 Å². The van der Waals surface area contributed by atoms with Crippen LogP contribution < -0.4 is 10.6 Å². The zero-order chi connectivity index (χ0) is 18.3. The maximum Gasteiger partial charge on any atom is 0.191 e. The highest BCUT2D eigenvalue weighted by Gasteiger charge is 2.33. The molecule has 1 saturated heterocycles. The van der Waals surface area contributed by atoms with Crippen molar-refractivity contribution in [1.82, 2.24) is 20.5 Å². The molecule has 2 atom stereocenters. The molecule has 2 unspecified atom stereocenters. The Morgan fingerprint density at radius 3 is 2.60 bits per heavy atom. The van der Waals surface area contributed by atoms with Crippen molar-refractivity contribution in [3.8, 4) is 0 Å². The van der Waals surface area contributed by atoms with Crippen LogP contribution in [0.2, 0.25) is 0 Å². The Balaban J connectivity index is 1.94. The molecule has 2 N–H and O–H groups in total. The molecule has 6 nitrogen and oxygen atoms in total. The van der Waals surface area contributed by atoms with Gasteiger partial charge in [-0.15, -0.1) is 0 Å². The highest BCUT2D eigenvalue weighted by molar-refractivity contribution is 5.79. The Hall–Kier alpha value is -1.66. The number of hydrogen-bond acceptors (Lipinski definition) is 4. The Bertz CT molecular complexity index is 536. The zero-order valence-corrected chi connectivity index (χ0v) is 16.2. The van der Waals surface area contributed by atoms with E-state index in [1.807, 2.05) is 18.2 Å². The van der Waals surface area contributed by atoms with Crippen LogP contribution in [0.25, 0.3) is 0 Å². The van der Waals surface area contributed by atoms with E-state index in [4.69, 9.17) is 4.74 Å². The summed E-state index contributed by atoms with van der Waals surface area (Å²) >= 11 is 0. The van der Waals surface area contributed by atoms with Crippen LogP contribution in [0.1, 0.15) is 40.3 Å². The highest BCUT2D eigenvalue weighted by Crippen LogP contribution is 2.20. The lowest BCUT2D eigenvalue weighted by Gasteiger charge is -2.45. The van der Waals surface area contributed by atoms with E-state index in [1.165, 1.54) is 0 Å². The Morgan fingerprint density at radius 2 is 2.00 bits per heavy atom. The second-order valence-corrected chi connectivity index (χ2v) is 7.34. The lowest BCUT2D eigenvalue weighted by molar-refractivity contribution is -0.0946. The highest BCUT2D eigenvalue weighted by atomic mass is 16.5. The maximum absolute atomic E-state index is 5.86. The normalized spacial score (nSPS) is 22.7. The van der Waals surface area contributed by atoms with Gasteiger partial charge in [0.1, 0.15) is 0 Å². The van der Waals surface area contributed by atoms with Crippen LogP contribution in [0.4, 0.5) is 0 Å². The lowest BCUT2D eigenvalue weighted by atomic mass is 10.00. The quantitative estimate of drug-likeness (QED) is 0.609. The first-order valence-corrected chi connectivity index (χ1v) is 9.23. The van der Waals surface area contributed by atoms with E-state index in [9.17, 15) is 0 Å². The van der Waals surface area contributed by atoms with Crippen molar-refractivity contribution in [3.63, 3.8) is 0 Å². The van der Waals surface area contributed by atoms with Gasteiger partial charge in [0.2, 0.25) is 0 Å². The van der Waals surface area contributed by atoms with E-state index >= 15 is 0 Å². The topological polar surface area (TPSA) is 61.8 Å². The first-order chi connectivity index (χ1) is 11.9. The van der Waals surface area contributed by atoms with Crippen LogP contribution in [0.5, 0.6) is 0 Å². The van der Waals surface area contributed by atoms with Gasteiger partial charge in [0.15, 0.2) is 5.96 Å². The minimum absolute atomic E-state index is 0.0213. The molecule has 1 fully saturated rings. The number of pyridine rings is 1. The lowest BCUT2D eigenvalue weighted by Crippen LogP contribution is -2.59. The number of rotatable bonds is 6. The van der Waals surface area contributed by atoms with Crippen LogP contribution in [-0.4, -0.2) is 59.8 Å². The van der Waals surface area contributed by atoms with Gasteiger partial charge >= 0.3 is 0 Å². The molecule has 0 aliphatic carbocycles. The third kappa shape index (κ3) is 6.29. The maximum atomic E-state index is 5.86. The number of hydrogen-bond donors (Lipinski definition) is 2. The molecule has 0 aromatic carbocycles. The van der Waals surface area contributed by atoms with Gasteiger partial charge in [-0.05, 0) is 46.8 Å². The van der Waals surface area contributed by atoms with Crippen molar-refractivity contribution in [1.29, 1.82) is 0 Å². The second-order valence-electron chi connectivity index (χ2n) is 7.34. The van der Waals surface area contributed by atoms with Gasteiger partial charge in [-0.25, -0.2) is 4.99 Å². The molecular weight excluding hydrogens is 314 g/mol. The van der Waals surface area contributed by atoms with Gasteiger partial charge in [-0.1, -0.05) is 6.07 Å². The minimum atomic E-state index is 0.0213. The summed E-state index contributed by atoms with van der Waals surface area (Å²) in [5, 5.41) is 6.80. The fraction of sp³-hybridized carbons (Fsp3) is 0.684. The van der Waals surface area contributed by atoms with Crippen molar-refractivity contribution in [2.45, 2.75) is 58.9 Å². The van der Waals surface area contributed by atoms with Crippen molar-refractivity contribution in [3.05, 3.63) is 30.1 Å². The van der Waals surface area contributed by atoms with Crippen LogP contribution in [0.15, 0.2) is 29.4 Å². The van der Waals surface area contributed by atoms with Crippen molar-refractivity contribution >= 4 is 5.96 Å². The van der Waals surface area contributed by atoms with Gasteiger partial charge in [0, 0.05) is 37.9 Å². The first-order valence-electron chi connectivity index (χ1n) is 9.23. The molecule has 1 aliphatic rings. The van der Waals surface area contributed by atoms with Gasteiger partial charge in [0.25, 0.3) is 0 Å². The van der Waals surface area contributed by atoms with Crippen molar-refractivity contribution in [2.75, 3.05) is 26.2 Å². The molecule has 0 radical (unpaired) electrons. The Labute approximate surface area is 152 Å². The molecule has 0 saturated carbocycles.